The van der Waals surface area contributed by atoms with Gasteiger partial charge in [-0.25, -0.2) is 9.59 Å². The minimum absolute atomic E-state index is 0.124. The molecule has 0 bridgehead atoms. The summed E-state index contributed by atoms with van der Waals surface area (Å²) in [6.07, 6.45) is -0.870. The second-order valence-corrected chi connectivity index (χ2v) is 7.56. The van der Waals surface area contributed by atoms with E-state index in [-0.39, 0.29) is 58.1 Å². The lowest BCUT2D eigenvalue weighted by molar-refractivity contribution is 0.0855. The standard InChI is InChI=1S/C26H22O8/c1-3-13-31-25(29)33-23-17-11-7-5-9-15(17)22(28)20-19(23)21(27)16-10-6-8-12-18(16)24(20)34-26(30)32-14-4-2/h5-12H,3-4,13-14H2,1-2H3. The molecule has 0 unspecified atom stereocenters. The van der Waals surface area contributed by atoms with Gasteiger partial charge in [0.25, 0.3) is 0 Å². The van der Waals surface area contributed by atoms with Crippen LogP contribution in [-0.2, 0) is 18.9 Å². The Morgan fingerprint density at radius 3 is 1.32 bits per heavy atom. The number of allylic oxidation sites excluding steroid dienone is 2. The van der Waals surface area contributed by atoms with Crippen molar-refractivity contribution in [2.75, 3.05) is 13.2 Å². The monoisotopic (exact) mass is 462 g/mol. The molecule has 0 amide bonds. The molecule has 8 nitrogen and oxygen atoms in total. The highest BCUT2D eigenvalue weighted by Gasteiger charge is 2.43. The van der Waals surface area contributed by atoms with Gasteiger partial charge >= 0.3 is 12.3 Å². The van der Waals surface area contributed by atoms with Crippen LogP contribution in [-0.4, -0.2) is 37.1 Å². The molecule has 2 aromatic rings. The Balaban J connectivity index is 1.95. The summed E-state index contributed by atoms with van der Waals surface area (Å²) in [7, 11) is 0. The van der Waals surface area contributed by atoms with Crippen LogP contribution in [0.2, 0.25) is 0 Å². The lowest BCUT2D eigenvalue weighted by Crippen LogP contribution is -2.29. The highest BCUT2D eigenvalue weighted by molar-refractivity contribution is 6.34. The highest BCUT2D eigenvalue weighted by Crippen LogP contribution is 2.44. The number of hydrogen-bond acceptors (Lipinski definition) is 8. The second-order valence-electron chi connectivity index (χ2n) is 7.56. The number of ether oxygens (including phenoxy) is 4. The third kappa shape index (κ3) is 4.10. The molecule has 0 atom stereocenters. The van der Waals surface area contributed by atoms with Crippen molar-refractivity contribution in [2.45, 2.75) is 26.7 Å². The smallest absolute Gasteiger partial charge is 0.434 e. The number of Topliss-reactive ketones (excluding diaryl/α,β-unsaturated/α-hetero) is 2. The van der Waals surface area contributed by atoms with Crippen LogP contribution in [0.5, 0.6) is 0 Å². The Morgan fingerprint density at radius 1 is 0.618 bits per heavy atom. The van der Waals surface area contributed by atoms with Gasteiger partial charge < -0.3 is 18.9 Å². The molecule has 0 spiro atoms. The van der Waals surface area contributed by atoms with Gasteiger partial charge in [0.1, 0.15) is 0 Å². The maximum absolute atomic E-state index is 13.6. The van der Waals surface area contributed by atoms with Gasteiger partial charge in [-0.1, -0.05) is 62.4 Å². The Kier molecular flexibility index (Phi) is 6.58. The summed E-state index contributed by atoms with van der Waals surface area (Å²) >= 11 is 0. The van der Waals surface area contributed by atoms with Crippen molar-refractivity contribution in [3.05, 3.63) is 81.9 Å². The molecule has 8 heteroatoms. The topological polar surface area (TPSA) is 105 Å². The van der Waals surface area contributed by atoms with Crippen molar-refractivity contribution in [2.24, 2.45) is 0 Å². The first-order chi connectivity index (χ1) is 16.5. The summed E-state index contributed by atoms with van der Waals surface area (Å²) in [5.41, 5.74) is 0.563. The minimum Gasteiger partial charge on any atom is -0.434 e. The van der Waals surface area contributed by atoms with E-state index in [2.05, 4.69) is 0 Å². The molecule has 0 heterocycles. The van der Waals surface area contributed by atoms with Crippen LogP contribution >= 0.6 is 0 Å². The van der Waals surface area contributed by atoms with E-state index in [1.54, 1.807) is 48.5 Å². The molecule has 0 aromatic heterocycles. The summed E-state index contributed by atoms with van der Waals surface area (Å²) in [5.74, 6) is -1.34. The molecule has 174 valence electrons. The fourth-order valence-electron chi connectivity index (χ4n) is 3.77. The highest BCUT2D eigenvalue weighted by atomic mass is 16.7. The predicted octanol–water partition coefficient (Wildman–Crippen LogP) is 5.33. The van der Waals surface area contributed by atoms with Crippen molar-refractivity contribution in [3.8, 4) is 0 Å². The average Bonchev–Trinajstić information content (AvgIpc) is 2.85. The van der Waals surface area contributed by atoms with Crippen LogP contribution in [0, 0.1) is 0 Å². The maximum Gasteiger partial charge on any atom is 0.513 e. The van der Waals surface area contributed by atoms with Gasteiger partial charge in [0.15, 0.2) is 23.1 Å². The van der Waals surface area contributed by atoms with Crippen LogP contribution in [0.15, 0.2) is 59.7 Å². The van der Waals surface area contributed by atoms with Crippen LogP contribution in [0.3, 0.4) is 0 Å². The van der Waals surface area contributed by atoms with Crippen LogP contribution in [0.25, 0.3) is 11.5 Å². The molecule has 0 radical (unpaired) electrons. The fraction of sp³-hybridized carbons (Fsp3) is 0.231. The van der Waals surface area contributed by atoms with E-state index in [1.165, 1.54) is 0 Å². The Bertz CT molecular complexity index is 1150. The number of carbonyl (C=O) groups is 4. The Morgan fingerprint density at radius 2 is 0.971 bits per heavy atom. The van der Waals surface area contributed by atoms with E-state index in [4.69, 9.17) is 18.9 Å². The molecule has 0 fully saturated rings. The zero-order chi connectivity index (χ0) is 24.2. The van der Waals surface area contributed by atoms with Crippen molar-refractivity contribution >= 4 is 35.4 Å². The van der Waals surface area contributed by atoms with E-state index < -0.39 is 23.9 Å². The molecule has 2 aliphatic carbocycles. The second kappa shape index (κ2) is 9.74. The quantitative estimate of drug-likeness (QED) is 0.531. The summed E-state index contributed by atoms with van der Waals surface area (Å²) in [6, 6.07) is 12.8. The van der Waals surface area contributed by atoms with Crippen LogP contribution < -0.4 is 0 Å². The Hall–Kier alpha value is -4.20. The average molecular weight is 462 g/mol. The zero-order valence-electron chi connectivity index (χ0n) is 18.7. The summed E-state index contributed by atoms with van der Waals surface area (Å²) in [4.78, 5) is 51.9. The SMILES string of the molecule is CCCOC(=O)OC1=C2C(=O)c3ccccc3C(OC(=O)OCCC)=C2C(=O)c2ccccc21. The summed E-state index contributed by atoms with van der Waals surface area (Å²) < 4.78 is 21.0. The fourth-order valence-corrected chi connectivity index (χ4v) is 3.77. The van der Waals surface area contributed by atoms with Crippen LogP contribution in [0.4, 0.5) is 9.59 Å². The molecule has 0 N–H and O–H groups in total. The lowest BCUT2D eigenvalue weighted by Gasteiger charge is -2.28. The number of hydrogen-bond donors (Lipinski definition) is 0. The van der Waals surface area contributed by atoms with Crippen LogP contribution in [0.1, 0.15) is 58.5 Å². The zero-order valence-corrected chi connectivity index (χ0v) is 18.7. The maximum atomic E-state index is 13.6. The molecule has 34 heavy (non-hydrogen) atoms. The molecule has 0 saturated carbocycles. The number of rotatable bonds is 6. The first-order valence-electron chi connectivity index (χ1n) is 10.9. The van der Waals surface area contributed by atoms with Crippen molar-refractivity contribution in [1.29, 1.82) is 0 Å². The predicted molar refractivity (Wildman–Crippen MR) is 121 cm³/mol. The van der Waals surface area contributed by atoms with Gasteiger partial charge in [-0.3, -0.25) is 9.59 Å². The molecule has 0 aliphatic heterocycles. The first kappa shape index (κ1) is 23.0. The van der Waals surface area contributed by atoms with E-state index in [1.807, 2.05) is 13.8 Å². The van der Waals surface area contributed by atoms with Gasteiger partial charge in [-0.05, 0) is 12.8 Å². The summed E-state index contributed by atoms with van der Waals surface area (Å²) in [5, 5.41) is 0. The third-order valence-corrected chi connectivity index (χ3v) is 5.21. The lowest BCUT2D eigenvalue weighted by atomic mass is 9.76. The number of benzene rings is 2. The van der Waals surface area contributed by atoms with Gasteiger partial charge in [-0.15, -0.1) is 0 Å². The van der Waals surface area contributed by atoms with E-state index >= 15 is 0 Å². The van der Waals surface area contributed by atoms with Gasteiger partial charge in [0, 0.05) is 22.3 Å². The molecule has 0 saturated heterocycles. The van der Waals surface area contributed by atoms with Gasteiger partial charge in [0.2, 0.25) is 0 Å². The van der Waals surface area contributed by atoms with Crippen molar-refractivity contribution < 1.29 is 38.1 Å². The molecular weight excluding hydrogens is 440 g/mol. The molecular formula is C26H22O8. The molecule has 2 aliphatic rings. The van der Waals surface area contributed by atoms with Crippen molar-refractivity contribution in [3.63, 3.8) is 0 Å². The third-order valence-electron chi connectivity index (χ3n) is 5.21. The molecule has 2 aromatic carbocycles. The number of fused-ring (bicyclic) bond motifs is 3. The van der Waals surface area contributed by atoms with Crippen molar-refractivity contribution in [1.82, 2.24) is 0 Å². The van der Waals surface area contributed by atoms with E-state index in [0.717, 1.165) is 0 Å². The van der Waals surface area contributed by atoms with Gasteiger partial charge in [-0.2, -0.15) is 0 Å². The largest absolute Gasteiger partial charge is 0.513 e. The number of carbonyl (C=O) groups excluding carboxylic acids is 4. The Labute approximate surface area is 195 Å². The van der Waals surface area contributed by atoms with Gasteiger partial charge in [0.05, 0.1) is 24.4 Å². The molecule has 4 rings (SSSR count). The van der Waals surface area contributed by atoms with E-state index in [0.29, 0.717) is 12.8 Å². The minimum atomic E-state index is -1.01. The number of ketones is 2. The normalized spacial score (nSPS) is 14.2. The van der Waals surface area contributed by atoms with E-state index in [9.17, 15) is 19.2 Å². The first-order valence-corrected chi connectivity index (χ1v) is 10.9. The summed E-state index contributed by atoms with van der Waals surface area (Å²) in [6.45, 7) is 3.90.